The molecule has 1 heterocycles. The van der Waals surface area contributed by atoms with Gasteiger partial charge < -0.3 is 14.9 Å². The van der Waals surface area contributed by atoms with E-state index in [0.29, 0.717) is 0 Å². The van der Waals surface area contributed by atoms with E-state index in [1.165, 1.54) is 25.9 Å². The average Bonchev–Trinajstić information content (AvgIpc) is 2.04. The molecule has 0 aliphatic carbocycles. The van der Waals surface area contributed by atoms with E-state index < -0.39 is 0 Å². The lowest BCUT2D eigenvalue weighted by atomic mass is 9.98. The van der Waals surface area contributed by atoms with Crippen molar-refractivity contribution in [1.29, 1.82) is 0 Å². The fourth-order valence-corrected chi connectivity index (χ4v) is 2.13. The number of nitrogens with zero attached hydrogens (tertiary/aromatic N) is 2. The number of hydrogen-bond acceptors (Lipinski definition) is 3. The number of rotatable bonds is 4. The van der Waals surface area contributed by atoms with E-state index in [1.807, 2.05) is 0 Å². The molecule has 78 valence electrons. The van der Waals surface area contributed by atoms with Crippen LogP contribution < -0.4 is 0 Å². The number of likely N-dealkylation sites (N-methyl/N-ethyl adjacent to an activating group) is 1. The Kier molecular flexibility index (Phi) is 4.70. The zero-order valence-corrected chi connectivity index (χ0v) is 8.87. The fourth-order valence-electron chi connectivity index (χ4n) is 2.13. The Morgan fingerprint density at radius 3 is 2.92 bits per heavy atom. The van der Waals surface area contributed by atoms with E-state index in [4.69, 9.17) is 5.11 Å². The van der Waals surface area contributed by atoms with Gasteiger partial charge >= 0.3 is 0 Å². The van der Waals surface area contributed by atoms with Crippen LogP contribution in [0.3, 0.4) is 0 Å². The zero-order chi connectivity index (χ0) is 9.68. The molecular formula is C10H22N2O. The summed E-state index contributed by atoms with van der Waals surface area (Å²) in [4.78, 5) is 4.63. The average molecular weight is 186 g/mol. The number of aliphatic hydroxyl groups is 1. The normalized spacial score (nSPS) is 25.4. The van der Waals surface area contributed by atoms with Crippen LogP contribution in [0.2, 0.25) is 0 Å². The zero-order valence-electron chi connectivity index (χ0n) is 8.87. The third-order valence-corrected chi connectivity index (χ3v) is 2.77. The summed E-state index contributed by atoms with van der Waals surface area (Å²) < 4.78 is 0. The van der Waals surface area contributed by atoms with Crippen LogP contribution in [-0.4, -0.2) is 61.8 Å². The maximum atomic E-state index is 8.77. The van der Waals surface area contributed by atoms with E-state index >= 15 is 0 Å². The second-order valence-corrected chi connectivity index (χ2v) is 4.26. The summed E-state index contributed by atoms with van der Waals surface area (Å²) in [6, 6.07) is 0. The maximum absolute atomic E-state index is 8.77. The third kappa shape index (κ3) is 4.07. The lowest BCUT2D eigenvalue weighted by molar-refractivity contribution is 0.150. The Hall–Kier alpha value is -0.120. The molecule has 0 aromatic rings. The molecule has 0 spiro atoms. The molecule has 13 heavy (non-hydrogen) atoms. The fraction of sp³-hybridized carbons (Fsp3) is 1.00. The first-order chi connectivity index (χ1) is 6.22. The van der Waals surface area contributed by atoms with Crippen LogP contribution in [0.25, 0.3) is 0 Å². The summed E-state index contributed by atoms with van der Waals surface area (Å²) >= 11 is 0. The molecule has 0 radical (unpaired) electrons. The highest BCUT2D eigenvalue weighted by molar-refractivity contribution is 4.72. The molecule has 0 amide bonds. The van der Waals surface area contributed by atoms with Gasteiger partial charge in [0.1, 0.15) is 0 Å². The Balaban J connectivity index is 2.19. The molecule has 1 rings (SSSR count). The summed E-state index contributed by atoms with van der Waals surface area (Å²) in [6.45, 7) is 4.68. The van der Waals surface area contributed by atoms with Crippen molar-refractivity contribution < 1.29 is 5.11 Å². The predicted octanol–water partition coefficient (Wildman–Crippen LogP) is 0.252. The second kappa shape index (κ2) is 5.58. The van der Waals surface area contributed by atoms with Crippen molar-refractivity contribution in [2.45, 2.75) is 12.8 Å². The standard InChI is InChI=1S/C10H22N2O/c1-11-5-3-4-10(8-11)9-12(2)6-7-13/h10,13H,3-9H2,1-2H3. The molecule has 0 aromatic heterocycles. The maximum Gasteiger partial charge on any atom is 0.0558 e. The summed E-state index contributed by atoms with van der Waals surface area (Å²) in [5.74, 6) is 0.801. The second-order valence-electron chi connectivity index (χ2n) is 4.26. The van der Waals surface area contributed by atoms with Gasteiger partial charge in [-0.3, -0.25) is 0 Å². The molecule has 1 fully saturated rings. The topological polar surface area (TPSA) is 26.7 Å². The number of hydrogen-bond donors (Lipinski definition) is 1. The van der Waals surface area contributed by atoms with Gasteiger partial charge in [0.2, 0.25) is 0 Å². The lowest BCUT2D eigenvalue weighted by Crippen LogP contribution is -2.38. The molecule has 1 N–H and O–H groups in total. The lowest BCUT2D eigenvalue weighted by Gasteiger charge is -2.32. The van der Waals surface area contributed by atoms with Crippen LogP contribution >= 0.6 is 0 Å². The van der Waals surface area contributed by atoms with Crippen LogP contribution in [0.5, 0.6) is 0 Å². The van der Waals surface area contributed by atoms with E-state index in [2.05, 4.69) is 23.9 Å². The summed E-state index contributed by atoms with van der Waals surface area (Å²) in [5, 5.41) is 8.77. The van der Waals surface area contributed by atoms with Gasteiger partial charge in [-0.15, -0.1) is 0 Å². The van der Waals surface area contributed by atoms with Gasteiger partial charge in [-0.2, -0.15) is 0 Å². The Morgan fingerprint density at radius 2 is 2.31 bits per heavy atom. The van der Waals surface area contributed by atoms with Crippen molar-refractivity contribution in [3.8, 4) is 0 Å². The van der Waals surface area contributed by atoms with Crippen LogP contribution in [0.4, 0.5) is 0 Å². The molecule has 1 aliphatic heterocycles. The Bertz CT molecular complexity index is 141. The number of likely N-dealkylation sites (tertiary alicyclic amines) is 1. The SMILES string of the molecule is CN(CCO)CC1CCCN(C)C1. The largest absolute Gasteiger partial charge is 0.395 e. The van der Waals surface area contributed by atoms with Gasteiger partial charge in [0, 0.05) is 19.6 Å². The van der Waals surface area contributed by atoms with Gasteiger partial charge in [0.25, 0.3) is 0 Å². The van der Waals surface area contributed by atoms with E-state index in [9.17, 15) is 0 Å². The summed E-state index contributed by atoms with van der Waals surface area (Å²) in [7, 11) is 4.28. The third-order valence-electron chi connectivity index (χ3n) is 2.77. The monoisotopic (exact) mass is 186 g/mol. The first-order valence-electron chi connectivity index (χ1n) is 5.20. The van der Waals surface area contributed by atoms with Crippen LogP contribution in [0.1, 0.15) is 12.8 Å². The Morgan fingerprint density at radius 1 is 1.54 bits per heavy atom. The summed E-state index contributed by atoms with van der Waals surface area (Å²) in [5.41, 5.74) is 0. The molecule has 1 saturated heterocycles. The van der Waals surface area contributed by atoms with E-state index in [0.717, 1.165) is 19.0 Å². The molecule has 0 saturated carbocycles. The van der Waals surface area contributed by atoms with Crippen LogP contribution in [0, 0.1) is 5.92 Å². The van der Waals surface area contributed by atoms with Crippen molar-refractivity contribution in [3.63, 3.8) is 0 Å². The molecule has 1 unspecified atom stereocenters. The van der Waals surface area contributed by atoms with Crippen molar-refractivity contribution in [2.75, 3.05) is 46.9 Å². The molecule has 1 aliphatic rings. The highest BCUT2D eigenvalue weighted by Crippen LogP contribution is 2.15. The molecule has 3 heteroatoms. The minimum Gasteiger partial charge on any atom is -0.395 e. The molecule has 0 bridgehead atoms. The van der Waals surface area contributed by atoms with Gasteiger partial charge in [0.15, 0.2) is 0 Å². The first-order valence-corrected chi connectivity index (χ1v) is 5.20. The molecule has 1 atom stereocenters. The predicted molar refractivity (Wildman–Crippen MR) is 54.8 cm³/mol. The summed E-state index contributed by atoms with van der Waals surface area (Å²) in [6.07, 6.45) is 2.67. The van der Waals surface area contributed by atoms with Gasteiger partial charge in [-0.1, -0.05) is 0 Å². The van der Waals surface area contributed by atoms with Crippen molar-refractivity contribution >= 4 is 0 Å². The van der Waals surface area contributed by atoms with Crippen molar-refractivity contribution in [3.05, 3.63) is 0 Å². The molecule has 3 nitrogen and oxygen atoms in total. The number of piperidine rings is 1. The van der Waals surface area contributed by atoms with Crippen molar-refractivity contribution in [2.24, 2.45) is 5.92 Å². The quantitative estimate of drug-likeness (QED) is 0.682. The van der Waals surface area contributed by atoms with Gasteiger partial charge in [-0.05, 0) is 39.4 Å². The molecular weight excluding hydrogens is 164 g/mol. The van der Waals surface area contributed by atoms with Crippen LogP contribution in [0.15, 0.2) is 0 Å². The van der Waals surface area contributed by atoms with Crippen molar-refractivity contribution in [1.82, 2.24) is 9.80 Å². The first kappa shape index (κ1) is 11.0. The van der Waals surface area contributed by atoms with E-state index in [1.54, 1.807) is 0 Å². The minimum atomic E-state index is 0.277. The number of aliphatic hydroxyl groups excluding tert-OH is 1. The minimum absolute atomic E-state index is 0.277. The highest BCUT2D eigenvalue weighted by atomic mass is 16.3. The van der Waals surface area contributed by atoms with E-state index in [-0.39, 0.29) is 6.61 Å². The van der Waals surface area contributed by atoms with Gasteiger partial charge in [-0.25, -0.2) is 0 Å². The van der Waals surface area contributed by atoms with Crippen LogP contribution in [-0.2, 0) is 0 Å². The smallest absolute Gasteiger partial charge is 0.0558 e. The highest BCUT2D eigenvalue weighted by Gasteiger charge is 2.17. The Labute approximate surface area is 81.3 Å². The van der Waals surface area contributed by atoms with Gasteiger partial charge in [0.05, 0.1) is 6.61 Å². The molecule has 0 aromatic carbocycles.